The molecule has 2 aromatic rings. The zero-order valence-corrected chi connectivity index (χ0v) is 11.6. The Morgan fingerprint density at radius 3 is 2.78 bits per heavy atom. The lowest BCUT2D eigenvalue weighted by molar-refractivity contribution is 0.186. The maximum Gasteiger partial charge on any atom is 0.211 e. The van der Waals surface area contributed by atoms with Gasteiger partial charge in [-0.05, 0) is 24.4 Å². The molecule has 0 bridgehead atoms. The smallest absolute Gasteiger partial charge is 0.211 e. The summed E-state index contributed by atoms with van der Waals surface area (Å²) in [5, 5.41) is 11.0. The molecule has 1 heterocycles. The van der Waals surface area contributed by atoms with E-state index in [1.807, 2.05) is 30.3 Å². The van der Waals surface area contributed by atoms with E-state index >= 15 is 0 Å². The van der Waals surface area contributed by atoms with Gasteiger partial charge in [-0.3, -0.25) is 0 Å². The molecule has 0 spiro atoms. The highest BCUT2D eigenvalue weighted by atomic mass is 32.2. The number of hydrogen-bond donors (Lipinski definition) is 2. The monoisotopic (exact) mass is 285 g/mol. The first-order chi connectivity index (χ1) is 8.52. The van der Waals surface area contributed by atoms with Gasteiger partial charge in [-0.1, -0.05) is 18.2 Å². The Morgan fingerprint density at radius 2 is 2.11 bits per heavy atom. The Bertz CT molecular complexity index is 601. The molecule has 1 aromatic carbocycles. The van der Waals surface area contributed by atoms with Crippen molar-refractivity contribution in [3.05, 3.63) is 35.2 Å². The standard InChI is InChI=1S/C12H15NO3S2/c1-2-18(15,16)13-8-10(14)12-7-9-5-3-4-6-11(9)17-12/h3-7,10,13-14H,2,8H2,1H3. The van der Waals surface area contributed by atoms with Crippen molar-refractivity contribution in [1.82, 2.24) is 4.72 Å². The average molecular weight is 285 g/mol. The topological polar surface area (TPSA) is 66.4 Å². The van der Waals surface area contributed by atoms with Gasteiger partial charge in [-0.15, -0.1) is 11.3 Å². The number of rotatable bonds is 5. The van der Waals surface area contributed by atoms with Gasteiger partial charge in [0, 0.05) is 16.1 Å². The van der Waals surface area contributed by atoms with Crippen LogP contribution in [0.25, 0.3) is 10.1 Å². The minimum atomic E-state index is -3.26. The molecule has 2 N–H and O–H groups in total. The number of thiophene rings is 1. The Morgan fingerprint density at radius 1 is 1.39 bits per heavy atom. The van der Waals surface area contributed by atoms with E-state index in [4.69, 9.17) is 0 Å². The van der Waals surface area contributed by atoms with Crippen LogP contribution in [0, 0.1) is 0 Å². The highest BCUT2D eigenvalue weighted by molar-refractivity contribution is 7.89. The van der Waals surface area contributed by atoms with Crippen LogP contribution >= 0.6 is 11.3 Å². The quantitative estimate of drug-likeness (QED) is 0.881. The molecule has 98 valence electrons. The summed E-state index contributed by atoms with van der Waals surface area (Å²) in [6.07, 6.45) is -0.802. The molecule has 0 radical (unpaired) electrons. The van der Waals surface area contributed by atoms with Gasteiger partial charge in [0.05, 0.1) is 5.75 Å². The Hall–Kier alpha value is -0.950. The highest BCUT2D eigenvalue weighted by Gasteiger charge is 2.14. The van der Waals surface area contributed by atoms with Gasteiger partial charge in [0.25, 0.3) is 0 Å². The van der Waals surface area contributed by atoms with E-state index in [1.54, 1.807) is 6.92 Å². The maximum absolute atomic E-state index is 11.3. The average Bonchev–Trinajstić information content (AvgIpc) is 2.80. The van der Waals surface area contributed by atoms with Crippen LogP contribution < -0.4 is 4.72 Å². The first kappa shape index (κ1) is 13.5. The molecule has 2 rings (SSSR count). The van der Waals surface area contributed by atoms with Crippen LogP contribution in [-0.2, 0) is 10.0 Å². The van der Waals surface area contributed by atoms with Gasteiger partial charge >= 0.3 is 0 Å². The summed E-state index contributed by atoms with van der Waals surface area (Å²) in [5.41, 5.74) is 0. The summed E-state index contributed by atoms with van der Waals surface area (Å²) < 4.78 is 26.0. The van der Waals surface area contributed by atoms with Crippen molar-refractivity contribution in [2.45, 2.75) is 13.0 Å². The van der Waals surface area contributed by atoms with Crippen LogP contribution in [0.15, 0.2) is 30.3 Å². The minimum Gasteiger partial charge on any atom is -0.386 e. The second kappa shape index (κ2) is 5.36. The van der Waals surface area contributed by atoms with E-state index in [1.165, 1.54) is 11.3 Å². The number of aliphatic hydroxyl groups is 1. The summed E-state index contributed by atoms with van der Waals surface area (Å²) in [7, 11) is -3.26. The van der Waals surface area contributed by atoms with E-state index in [0.717, 1.165) is 15.0 Å². The molecule has 0 aliphatic rings. The van der Waals surface area contributed by atoms with Gasteiger partial charge in [0.1, 0.15) is 6.10 Å². The number of sulfonamides is 1. The predicted molar refractivity (Wildman–Crippen MR) is 74.2 cm³/mol. The second-order valence-electron chi connectivity index (χ2n) is 3.95. The van der Waals surface area contributed by atoms with Crippen LogP contribution in [0.3, 0.4) is 0 Å². The van der Waals surface area contributed by atoms with E-state index < -0.39 is 16.1 Å². The van der Waals surface area contributed by atoms with Crippen molar-refractivity contribution in [1.29, 1.82) is 0 Å². The number of fused-ring (bicyclic) bond motifs is 1. The number of aliphatic hydroxyl groups excluding tert-OH is 1. The van der Waals surface area contributed by atoms with E-state index in [2.05, 4.69) is 4.72 Å². The molecule has 18 heavy (non-hydrogen) atoms. The number of hydrogen-bond acceptors (Lipinski definition) is 4. The molecule has 0 fully saturated rings. The maximum atomic E-state index is 11.3. The zero-order valence-electron chi connectivity index (χ0n) is 9.96. The predicted octanol–water partition coefficient (Wildman–Crippen LogP) is 1.87. The number of benzene rings is 1. The van der Waals surface area contributed by atoms with Gasteiger partial charge in [-0.2, -0.15) is 0 Å². The molecule has 1 aromatic heterocycles. The van der Waals surface area contributed by atoms with Crippen molar-refractivity contribution in [3.8, 4) is 0 Å². The number of nitrogens with one attached hydrogen (secondary N) is 1. The Labute approximate surface area is 110 Å². The van der Waals surface area contributed by atoms with E-state index in [-0.39, 0.29) is 12.3 Å². The molecule has 4 nitrogen and oxygen atoms in total. The van der Waals surface area contributed by atoms with Gasteiger partial charge < -0.3 is 5.11 Å². The molecule has 1 atom stereocenters. The lowest BCUT2D eigenvalue weighted by Gasteiger charge is -2.09. The fourth-order valence-electron chi connectivity index (χ4n) is 1.58. The normalized spacial score (nSPS) is 13.9. The van der Waals surface area contributed by atoms with Crippen LogP contribution in [0.4, 0.5) is 0 Å². The molecule has 0 amide bonds. The summed E-state index contributed by atoms with van der Waals surface area (Å²) in [6.45, 7) is 1.58. The first-order valence-corrected chi connectivity index (χ1v) is 8.12. The van der Waals surface area contributed by atoms with Gasteiger partial charge in [-0.25, -0.2) is 13.1 Å². The molecular weight excluding hydrogens is 270 g/mol. The van der Waals surface area contributed by atoms with Crippen LogP contribution in [-0.4, -0.2) is 25.8 Å². The molecule has 0 saturated heterocycles. The lowest BCUT2D eigenvalue weighted by atomic mass is 10.2. The van der Waals surface area contributed by atoms with Crippen LogP contribution in [0.2, 0.25) is 0 Å². The summed E-state index contributed by atoms with van der Waals surface area (Å²) >= 11 is 1.48. The van der Waals surface area contributed by atoms with Gasteiger partial charge in [0.15, 0.2) is 0 Å². The minimum absolute atomic E-state index is 0.0169. The van der Waals surface area contributed by atoms with Gasteiger partial charge in [0.2, 0.25) is 10.0 Å². The van der Waals surface area contributed by atoms with Crippen molar-refractivity contribution in [2.75, 3.05) is 12.3 Å². The highest BCUT2D eigenvalue weighted by Crippen LogP contribution is 2.29. The summed E-state index contributed by atoms with van der Waals surface area (Å²) in [5.74, 6) is 0.0200. The summed E-state index contributed by atoms with van der Waals surface area (Å²) in [6, 6.07) is 9.72. The molecular formula is C12H15NO3S2. The zero-order chi connectivity index (χ0) is 13.2. The van der Waals surface area contributed by atoms with Crippen molar-refractivity contribution >= 4 is 31.4 Å². The molecule has 0 aliphatic heterocycles. The fraction of sp³-hybridized carbons (Fsp3) is 0.333. The van der Waals surface area contributed by atoms with Crippen molar-refractivity contribution in [3.63, 3.8) is 0 Å². The van der Waals surface area contributed by atoms with Crippen LogP contribution in [0.5, 0.6) is 0 Å². The molecule has 6 heteroatoms. The third kappa shape index (κ3) is 3.08. The first-order valence-electron chi connectivity index (χ1n) is 5.65. The molecule has 1 unspecified atom stereocenters. The molecule has 0 aliphatic carbocycles. The molecule has 0 saturated carbocycles. The van der Waals surface area contributed by atoms with Crippen molar-refractivity contribution in [2.24, 2.45) is 0 Å². The third-order valence-corrected chi connectivity index (χ3v) is 5.23. The second-order valence-corrected chi connectivity index (χ2v) is 7.17. The van der Waals surface area contributed by atoms with Crippen molar-refractivity contribution < 1.29 is 13.5 Å². The Kier molecular flexibility index (Phi) is 4.01. The Balaban J connectivity index is 2.11. The van der Waals surface area contributed by atoms with E-state index in [9.17, 15) is 13.5 Å². The van der Waals surface area contributed by atoms with E-state index in [0.29, 0.717) is 0 Å². The third-order valence-electron chi connectivity index (χ3n) is 2.65. The lowest BCUT2D eigenvalue weighted by Crippen LogP contribution is -2.29. The summed E-state index contributed by atoms with van der Waals surface area (Å²) in [4.78, 5) is 0.773. The fourth-order valence-corrected chi connectivity index (χ4v) is 3.24. The largest absolute Gasteiger partial charge is 0.386 e. The van der Waals surface area contributed by atoms with Crippen LogP contribution in [0.1, 0.15) is 17.9 Å². The SMILES string of the molecule is CCS(=O)(=O)NCC(O)c1cc2ccccc2s1.